The van der Waals surface area contributed by atoms with E-state index < -0.39 is 16.8 Å². The molecule has 4 rings (SSSR count). The molecule has 0 aromatic heterocycles. The van der Waals surface area contributed by atoms with E-state index in [0.717, 1.165) is 17.0 Å². The van der Waals surface area contributed by atoms with Crippen LogP contribution in [0.25, 0.3) is 0 Å². The summed E-state index contributed by atoms with van der Waals surface area (Å²) in [4.78, 5) is 37.9. The topological polar surface area (TPSA) is 108 Å². The first-order valence-electron chi connectivity index (χ1n) is 12.0. The number of hydrogen-bond acceptors (Lipinski definition) is 7. The summed E-state index contributed by atoms with van der Waals surface area (Å²) in [6, 6.07) is 13.8. The summed E-state index contributed by atoms with van der Waals surface area (Å²) in [7, 11) is 1.61. The fourth-order valence-corrected chi connectivity index (χ4v) is 4.89. The van der Waals surface area contributed by atoms with Gasteiger partial charge in [-0.1, -0.05) is 38.1 Å². The van der Waals surface area contributed by atoms with Crippen LogP contribution >= 0.6 is 0 Å². The van der Waals surface area contributed by atoms with Crippen LogP contribution in [0.2, 0.25) is 0 Å². The van der Waals surface area contributed by atoms with Gasteiger partial charge in [-0.15, -0.1) is 0 Å². The van der Waals surface area contributed by atoms with Crippen LogP contribution in [0.4, 0.5) is 5.69 Å². The molecule has 1 aliphatic heterocycles. The van der Waals surface area contributed by atoms with Crippen molar-refractivity contribution in [3.05, 3.63) is 92.3 Å². The number of carbonyl (C=O) groups excluding carboxylic acids is 2. The van der Waals surface area contributed by atoms with E-state index in [1.165, 1.54) is 12.1 Å². The highest BCUT2D eigenvalue weighted by molar-refractivity contribution is 6.04. The molecule has 0 radical (unpaired) electrons. The minimum atomic E-state index is -0.745. The van der Waals surface area contributed by atoms with Crippen molar-refractivity contribution in [3.63, 3.8) is 0 Å². The molecule has 0 spiro atoms. The number of allylic oxidation sites excluding steroid dienone is 3. The van der Waals surface area contributed by atoms with Crippen LogP contribution in [0.1, 0.15) is 56.6 Å². The van der Waals surface area contributed by atoms with Crippen molar-refractivity contribution in [3.8, 4) is 5.75 Å². The van der Waals surface area contributed by atoms with Crippen molar-refractivity contribution >= 4 is 17.4 Å². The van der Waals surface area contributed by atoms with Crippen LogP contribution in [-0.4, -0.2) is 30.4 Å². The molecule has 0 fully saturated rings. The molecule has 2 atom stereocenters. The normalized spacial score (nSPS) is 19.6. The van der Waals surface area contributed by atoms with E-state index >= 15 is 0 Å². The van der Waals surface area contributed by atoms with Crippen LogP contribution < -0.4 is 10.1 Å². The highest BCUT2D eigenvalue weighted by atomic mass is 16.6. The number of benzene rings is 2. The van der Waals surface area contributed by atoms with Crippen LogP contribution in [0.5, 0.6) is 5.75 Å². The highest BCUT2D eigenvalue weighted by Gasteiger charge is 2.41. The summed E-state index contributed by atoms with van der Waals surface area (Å²) in [5.41, 5.74) is 3.55. The molecule has 0 amide bonds. The molecule has 1 N–H and O–H groups in total. The zero-order valence-corrected chi connectivity index (χ0v) is 20.9. The summed E-state index contributed by atoms with van der Waals surface area (Å²) in [6.07, 6.45) is 0.843. The quantitative estimate of drug-likeness (QED) is 0.324. The molecule has 1 aliphatic carbocycles. The number of nitro groups is 1. The number of Topliss-reactive ketones (excluding diaryl/α,β-unsaturated/α-hetero) is 1. The van der Waals surface area contributed by atoms with Gasteiger partial charge >= 0.3 is 5.97 Å². The van der Waals surface area contributed by atoms with E-state index in [0.29, 0.717) is 28.8 Å². The van der Waals surface area contributed by atoms with Gasteiger partial charge in [0.2, 0.25) is 0 Å². The molecule has 0 saturated carbocycles. The molecule has 1 heterocycles. The average molecular weight is 491 g/mol. The maximum atomic E-state index is 13.6. The third-order valence-electron chi connectivity index (χ3n) is 6.60. The number of ether oxygens (including phenoxy) is 2. The van der Waals surface area contributed by atoms with Gasteiger partial charge in [0.25, 0.3) is 5.69 Å². The molecule has 8 heteroatoms. The van der Waals surface area contributed by atoms with Crippen LogP contribution in [0.3, 0.4) is 0 Å². The Labute approximate surface area is 210 Å². The summed E-state index contributed by atoms with van der Waals surface area (Å²) in [5, 5.41) is 14.8. The van der Waals surface area contributed by atoms with Crippen LogP contribution in [0.15, 0.2) is 71.1 Å². The molecule has 188 valence electrons. The van der Waals surface area contributed by atoms with Gasteiger partial charge < -0.3 is 14.8 Å². The minimum absolute atomic E-state index is 0.0392. The zero-order chi connectivity index (χ0) is 26.0. The van der Waals surface area contributed by atoms with Crippen molar-refractivity contribution in [2.75, 3.05) is 13.7 Å². The summed E-state index contributed by atoms with van der Waals surface area (Å²) < 4.78 is 10.8. The molecule has 0 saturated heterocycles. The lowest BCUT2D eigenvalue weighted by molar-refractivity contribution is -0.384. The standard InChI is InChI=1S/C28H30N2O6/c1-16(2)15-36-28(32)25-17(3)29-23-13-20(18-8-10-22(35-4)11-9-18)14-24(31)27(23)26(25)19-6-5-7-21(12-19)30(33)34/h5-12,16,20,26,29H,13-15H2,1-4H3. The second-order valence-electron chi connectivity index (χ2n) is 9.63. The molecule has 2 aliphatic rings. The van der Waals surface area contributed by atoms with Gasteiger partial charge in [0.05, 0.1) is 24.2 Å². The SMILES string of the molecule is COc1ccc(C2CC(=O)C3=C(C2)NC(C)=C(C(=O)OCC(C)C)C3c2cccc([N+](=O)[O-])c2)cc1. The van der Waals surface area contributed by atoms with Gasteiger partial charge in [-0.3, -0.25) is 14.9 Å². The number of nitrogens with zero attached hydrogens (tertiary/aromatic N) is 1. The number of nitrogens with one attached hydrogen (secondary N) is 1. The van der Waals surface area contributed by atoms with Crippen LogP contribution in [-0.2, 0) is 14.3 Å². The average Bonchev–Trinajstić information content (AvgIpc) is 2.86. The third-order valence-corrected chi connectivity index (χ3v) is 6.60. The number of hydrogen-bond donors (Lipinski definition) is 1. The van der Waals surface area contributed by atoms with Crippen molar-refractivity contribution in [2.24, 2.45) is 5.92 Å². The van der Waals surface area contributed by atoms with Crippen molar-refractivity contribution in [2.45, 2.75) is 45.4 Å². The molecule has 0 bridgehead atoms. The second-order valence-corrected chi connectivity index (χ2v) is 9.63. The van der Waals surface area contributed by atoms with Gasteiger partial charge in [-0.2, -0.15) is 0 Å². The Kier molecular flexibility index (Phi) is 7.24. The maximum Gasteiger partial charge on any atom is 0.336 e. The number of ketones is 1. The Balaban J connectivity index is 1.77. The molecule has 2 aromatic carbocycles. The van der Waals surface area contributed by atoms with E-state index in [2.05, 4.69) is 5.32 Å². The van der Waals surface area contributed by atoms with Gasteiger partial charge in [0.15, 0.2) is 5.78 Å². The number of dihydropyridines is 1. The molecule has 2 unspecified atom stereocenters. The number of nitro benzene ring substituents is 1. The maximum absolute atomic E-state index is 13.6. The summed E-state index contributed by atoms with van der Waals surface area (Å²) in [5.74, 6) is -0.526. The van der Waals surface area contributed by atoms with Gasteiger partial charge in [-0.25, -0.2) is 4.79 Å². The monoisotopic (exact) mass is 490 g/mol. The third kappa shape index (κ3) is 5.03. The zero-order valence-electron chi connectivity index (χ0n) is 20.9. The lowest BCUT2D eigenvalue weighted by Gasteiger charge is -2.36. The molecule has 2 aromatic rings. The molecular formula is C28H30N2O6. The van der Waals surface area contributed by atoms with Crippen molar-refractivity contribution in [1.29, 1.82) is 0 Å². The first-order valence-corrected chi connectivity index (χ1v) is 12.0. The lowest BCUT2D eigenvalue weighted by Crippen LogP contribution is -2.36. The second kappa shape index (κ2) is 10.4. The van der Waals surface area contributed by atoms with Crippen molar-refractivity contribution in [1.82, 2.24) is 5.32 Å². The number of esters is 1. The van der Waals surface area contributed by atoms with Gasteiger partial charge in [-0.05, 0) is 48.4 Å². The molecular weight excluding hydrogens is 460 g/mol. The number of carbonyl (C=O) groups is 2. The number of non-ortho nitro benzene ring substituents is 1. The summed E-state index contributed by atoms with van der Waals surface area (Å²) in [6.45, 7) is 5.89. The number of rotatable bonds is 7. The fraction of sp³-hybridized carbons (Fsp3) is 0.357. The van der Waals surface area contributed by atoms with Crippen LogP contribution in [0, 0.1) is 16.0 Å². The minimum Gasteiger partial charge on any atom is -0.497 e. The first-order chi connectivity index (χ1) is 17.2. The first kappa shape index (κ1) is 25.2. The van der Waals surface area contributed by atoms with Gasteiger partial charge in [0, 0.05) is 41.4 Å². The predicted molar refractivity (Wildman–Crippen MR) is 134 cm³/mol. The highest BCUT2D eigenvalue weighted by Crippen LogP contribution is 2.46. The van der Waals surface area contributed by atoms with E-state index in [9.17, 15) is 19.7 Å². The Bertz CT molecular complexity index is 1260. The molecule has 36 heavy (non-hydrogen) atoms. The van der Waals surface area contributed by atoms with Crippen molar-refractivity contribution < 1.29 is 24.0 Å². The Morgan fingerprint density at radius 3 is 2.50 bits per heavy atom. The van der Waals surface area contributed by atoms with E-state index in [1.807, 2.05) is 38.1 Å². The summed E-state index contributed by atoms with van der Waals surface area (Å²) >= 11 is 0. The molecule has 8 nitrogen and oxygen atoms in total. The fourth-order valence-electron chi connectivity index (χ4n) is 4.89. The number of methoxy groups -OCH3 is 1. The Hall–Kier alpha value is -3.94. The van der Waals surface area contributed by atoms with E-state index in [4.69, 9.17) is 9.47 Å². The Morgan fingerprint density at radius 2 is 1.86 bits per heavy atom. The van der Waals surface area contributed by atoms with E-state index in [1.54, 1.807) is 26.2 Å². The smallest absolute Gasteiger partial charge is 0.336 e. The lowest BCUT2D eigenvalue weighted by atomic mass is 9.71. The van der Waals surface area contributed by atoms with Gasteiger partial charge in [0.1, 0.15) is 5.75 Å². The van der Waals surface area contributed by atoms with E-state index in [-0.39, 0.29) is 36.3 Å². The largest absolute Gasteiger partial charge is 0.497 e. The Morgan fingerprint density at radius 1 is 1.14 bits per heavy atom. The predicted octanol–water partition coefficient (Wildman–Crippen LogP) is 5.16.